The van der Waals surface area contributed by atoms with Crippen molar-refractivity contribution in [2.45, 2.75) is 20.3 Å². The van der Waals surface area contributed by atoms with Crippen LogP contribution in [0.2, 0.25) is 0 Å². The summed E-state index contributed by atoms with van der Waals surface area (Å²) in [6.45, 7) is 3.77. The summed E-state index contributed by atoms with van der Waals surface area (Å²) in [5, 5.41) is 14.1. The molecular weight excluding hydrogens is 422 g/mol. The Kier molecular flexibility index (Phi) is 6.08. The summed E-state index contributed by atoms with van der Waals surface area (Å²) in [4.78, 5) is 37.4. The molecular formula is C25H23N3O5. The number of benzene rings is 3. The van der Waals surface area contributed by atoms with Crippen LogP contribution in [0.5, 0.6) is 11.5 Å². The lowest BCUT2D eigenvalue weighted by atomic mass is 10.1. The molecule has 0 unspecified atom stereocenters. The molecule has 8 heteroatoms. The monoisotopic (exact) mass is 445 g/mol. The Balaban J connectivity index is 1.40. The first-order valence-electron chi connectivity index (χ1n) is 10.5. The molecule has 3 aromatic carbocycles. The molecule has 2 amide bonds. The Morgan fingerprint density at radius 1 is 1.06 bits per heavy atom. The molecule has 33 heavy (non-hydrogen) atoms. The van der Waals surface area contributed by atoms with Gasteiger partial charge in [0.15, 0.2) is 0 Å². The summed E-state index contributed by atoms with van der Waals surface area (Å²) in [6.07, 6.45) is 0.0436. The fraction of sp³-hybridized carbons (Fsp3) is 0.200. The van der Waals surface area contributed by atoms with Crippen LogP contribution in [0, 0.1) is 29.9 Å². The van der Waals surface area contributed by atoms with Crippen molar-refractivity contribution in [3.8, 4) is 11.5 Å². The first-order valence-corrected chi connectivity index (χ1v) is 10.5. The molecule has 1 aliphatic rings. The largest absolute Gasteiger partial charge is 0.457 e. The molecule has 4 rings (SSSR count). The van der Waals surface area contributed by atoms with Gasteiger partial charge >= 0.3 is 0 Å². The summed E-state index contributed by atoms with van der Waals surface area (Å²) >= 11 is 0. The third kappa shape index (κ3) is 4.85. The number of amides is 2. The minimum Gasteiger partial charge on any atom is -0.457 e. The molecule has 0 saturated carbocycles. The van der Waals surface area contributed by atoms with Crippen molar-refractivity contribution >= 4 is 28.9 Å². The molecule has 8 nitrogen and oxygen atoms in total. The molecule has 0 spiro atoms. The number of nitro benzene ring substituents is 1. The van der Waals surface area contributed by atoms with Crippen molar-refractivity contribution in [2.75, 3.05) is 16.8 Å². The Labute approximate surface area is 190 Å². The van der Waals surface area contributed by atoms with E-state index in [9.17, 15) is 19.7 Å². The van der Waals surface area contributed by atoms with Crippen LogP contribution in [0.3, 0.4) is 0 Å². The molecule has 0 aliphatic carbocycles. The fourth-order valence-corrected chi connectivity index (χ4v) is 3.74. The van der Waals surface area contributed by atoms with Gasteiger partial charge in [-0.15, -0.1) is 0 Å². The third-order valence-corrected chi connectivity index (χ3v) is 5.64. The summed E-state index contributed by atoms with van der Waals surface area (Å²) < 4.78 is 5.87. The molecule has 1 fully saturated rings. The maximum atomic E-state index is 12.8. The number of para-hydroxylation sites is 1. The van der Waals surface area contributed by atoms with E-state index in [4.69, 9.17) is 4.74 Å². The normalized spacial score (nSPS) is 15.4. The summed E-state index contributed by atoms with van der Waals surface area (Å²) in [7, 11) is 0. The number of hydrogen-bond acceptors (Lipinski definition) is 5. The number of carbonyl (C=O) groups is 2. The highest BCUT2D eigenvalue weighted by atomic mass is 16.6. The predicted molar refractivity (Wildman–Crippen MR) is 125 cm³/mol. The zero-order chi connectivity index (χ0) is 23.5. The fourth-order valence-electron chi connectivity index (χ4n) is 3.74. The van der Waals surface area contributed by atoms with Crippen LogP contribution in [0.1, 0.15) is 17.5 Å². The molecule has 168 valence electrons. The molecule has 3 aromatic rings. The first kappa shape index (κ1) is 22.0. The van der Waals surface area contributed by atoms with Crippen LogP contribution in [0.25, 0.3) is 0 Å². The van der Waals surface area contributed by atoms with Crippen molar-refractivity contribution in [1.82, 2.24) is 0 Å². The number of nitrogens with zero attached hydrogens (tertiary/aromatic N) is 2. The van der Waals surface area contributed by atoms with E-state index in [1.165, 1.54) is 11.0 Å². The number of nitro groups is 1. The van der Waals surface area contributed by atoms with Gasteiger partial charge in [0.25, 0.3) is 5.69 Å². The van der Waals surface area contributed by atoms with Crippen molar-refractivity contribution in [3.63, 3.8) is 0 Å². The standard InChI is InChI=1S/C25H23N3O5/c1-16-7-10-20(14-22(16)28(31)32)27-15-18(13-24(27)29)25(30)26-19-8-11-21(12-9-19)33-23-6-4-3-5-17(23)2/h3-12,14,18H,13,15H2,1-2H3,(H,26,30)/t18-/m1/s1. The van der Waals surface area contributed by atoms with E-state index in [2.05, 4.69) is 5.32 Å². The second kappa shape index (κ2) is 9.12. The quantitative estimate of drug-likeness (QED) is 0.425. The van der Waals surface area contributed by atoms with Gasteiger partial charge in [-0.25, -0.2) is 0 Å². The van der Waals surface area contributed by atoms with Crippen LogP contribution < -0.4 is 15.0 Å². The van der Waals surface area contributed by atoms with Crippen molar-refractivity contribution in [3.05, 3.63) is 88.0 Å². The highest BCUT2D eigenvalue weighted by Gasteiger charge is 2.35. The van der Waals surface area contributed by atoms with Gasteiger partial charge in [0.1, 0.15) is 11.5 Å². The highest BCUT2D eigenvalue weighted by molar-refractivity contribution is 6.03. The van der Waals surface area contributed by atoms with Gasteiger partial charge in [0, 0.05) is 30.3 Å². The Bertz CT molecular complexity index is 1220. The molecule has 0 radical (unpaired) electrons. The van der Waals surface area contributed by atoms with Crippen molar-refractivity contribution < 1.29 is 19.2 Å². The van der Waals surface area contributed by atoms with Crippen LogP contribution in [-0.4, -0.2) is 23.3 Å². The summed E-state index contributed by atoms with van der Waals surface area (Å²) in [6, 6.07) is 19.3. The lowest BCUT2D eigenvalue weighted by molar-refractivity contribution is -0.385. The van der Waals surface area contributed by atoms with E-state index in [0.29, 0.717) is 22.7 Å². The second-order valence-corrected chi connectivity index (χ2v) is 8.01. The van der Waals surface area contributed by atoms with E-state index >= 15 is 0 Å². The van der Waals surface area contributed by atoms with E-state index in [1.807, 2.05) is 31.2 Å². The Morgan fingerprint density at radius 3 is 2.48 bits per heavy atom. The van der Waals surface area contributed by atoms with Gasteiger partial charge in [0.05, 0.1) is 16.5 Å². The van der Waals surface area contributed by atoms with E-state index < -0.39 is 10.8 Å². The first-order chi connectivity index (χ1) is 15.8. The Hall–Kier alpha value is -4.20. The smallest absolute Gasteiger partial charge is 0.274 e. The van der Waals surface area contributed by atoms with Crippen LogP contribution >= 0.6 is 0 Å². The van der Waals surface area contributed by atoms with Gasteiger partial charge < -0.3 is 15.0 Å². The topological polar surface area (TPSA) is 102 Å². The van der Waals surface area contributed by atoms with Gasteiger partial charge in [-0.1, -0.05) is 24.3 Å². The molecule has 1 saturated heterocycles. The number of ether oxygens (including phenoxy) is 1. The summed E-state index contributed by atoms with van der Waals surface area (Å²) in [5.74, 6) is 0.330. The van der Waals surface area contributed by atoms with Gasteiger partial charge in [-0.05, 0) is 55.8 Å². The van der Waals surface area contributed by atoms with Crippen molar-refractivity contribution in [1.29, 1.82) is 0 Å². The lowest BCUT2D eigenvalue weighted by Gasteiger charge is -2.17. The molecule has 1 heterocycles. The van der Waals surface area contributed by atoms with Gasteiger partial charge in [-0.2, -0.15) is 0 Å². The van der Waals surface area contributed by atoms with Gasteiger partial charge in [0.2, 0.25) is 11.8 Å². The number of anilines is 2. The van der Waals surface area contributed by atoms with E-state index in [0.717, 1.165) is 11.3 Å². The molecule has 1 atom stereocenters. The SMILES string of the molecule is Cc1ccccc1Oc1ccc(NC(=O)[C@@H]2CC(=O)N(c3ccc(C)c([N+](=O)[O-])c3)C2)cc1. The minimum absolute atomic E-state index is 0.0436. The van der Waals surface area contributed by atoms with E-state index in [1.54, 1.807) is 43.3 Å². The zero-order valence-electron chi connectivity index (χ0n) is 18.3. The zero-order valence-corrected chi connectivity index (χ0v) is 18.3. The maximum absolute atomic E-state index is 12.8. The summed E-state index contributed by atoms with van der Waals surface area (Å²) in [5.41, 5.74) is 2.49. The molecule has 0 aromatic heterocycles. The minimum atomic E-state index is -0.555. The molecule has 0 bridgehead atoms. The number of carbonyl (C=O) groups excluding carboxylic acids is 2. The van der Waals surface area contributed by atoms with E-state index in [-0.39, 0.29) is 30.5 Å². The number of nitrogens with one attached hydrogen (secondary N) is 1. The van der Waals surface area contributed by atoms with Gasteiger partial charge in [-0.3, -0.25) is 19.7 Å². The number of rotatable bonds is 6. The van der Waals surface area contributed by atoms with Crippen LogP contribution in [0.15, 0.2) is 66.7 Å². The average molecular weight is 445 g/mol. The molecule has 1 N–H and O–H groups in total. The van der Waals surface area contributed by atoms with Crippen LogP contribution in [0.4, 0.5) is 17.1 Å². The molecule has 1 aliphatic heterocycles. The second-order valence-electron chi connectivity index (χ2n) is 8.01. The lowest BCUT2D eigenvalue weighted by Crippen LogP contribution is -2.28. The average Bonchev–Trinajstić information content (AvgIpc) is 3.18. The van der Waals surface area contributed by atoms with Crippen LogP contribution in [-0.2, 0) is 9.59 Å². The Morgan fingerprint density at radius 2 is 1.79 bits per heavy atom. The number of hydrogen-bond donors (Lipinski definition) is 1. The van der Waals surface area contributed by atoms with Crippen molar-refractivity contribution in [2.24, 2.45) is 5.92 Å². The maximum Gasteiger partial charge on any atom is 0.274 e. The highest BCUT2D eigenvalue weighted by Crippen LogP contribution is 2.31. The third-order valence-electron chi connectivity index (χ3n) is 5.64. The number of aryl methyl sites for hydroxylation is 2. The predicted octanol–water partition coefficient (Wildman–Crippen LogP) is 5.00.